The summed E-state index contributed by atoms with van der Waals surface area (Å²) in [5.74, 6) is 0.415. The molecule has 0 saturated carbocycles. The lowest BCUT2D eigenvalue weighted by Crippen LogP contribution is -2.52. The Hall–Kier alpha value is -1.60. The molecule has 0 atom stereocenters. The highest BCUT2D eigenvalue weighted by atomic mass is 32.2. The van der Waals surface area contributed by atoms with Crippen LogP contribution in [0, 0.1) is 5.41 Å². The molecular weight excluding hydrogens is 300 g/mol. The molecule has 0 spiro atoms. The minimum Gasteiger partial charge on any atom is -0.359 e. The Bertz CT molecular complexity index is 608. The van der Waals surface area contributed by atoms with Gasteiger partial charge in [0.25, 0.3) is 0 Å². The molecule has 0 unspecified atom stereocenters. The Labute approximate surface area is 132 Å². The van der Waals surface area contributed by atoms with E-state index in [2.05, 4.69) is 22.2 Å². The fourth-order valence-electron chi connectivity index (χ4n) is 2.94. The van der Waals surface area contributed by atoms with Crippen molar-refractivity contribution >= 4 is 16.0 Å². The maximum absolute atomic E-state index is 11.5. The van der Waals surface area contributed by atoms with Gasteiger partial charge in [0.15, 0.2) is 5.96 Å². The van der Waals surface area contributed by atoms with Gasteiger partial charge >= 0.3 is 0 Å². The van der Waals surface area contributed by atoms with Crippen LogP contribution in [0.1, 0.15) is 18.4 Å². The fourth-order valence-corrected chi connectivity index (χ4v) is 3.48. The predicted molar refractivity (Wildman–Crippen MR) is 88.6 cm³/mol. The number of benzene rings is 1. The summed E-state index contributed by atoms with van der Waals surface area (Å²) in [5, 5.41) is 10.7. The monoisotopic (exact) mass is 324 g/mol. The Morgan fingerprint density at radius 2 is 1.86 bits per heavy atom. The second-order valence-corrected chi connectivity index (χ2v) is 7.66. The van der Waals surface area contributed by atoms with E-state index in [1.807, 2.05) is 23.1 Å². The highest BCUT2D eigenvalue weighted by molar-refractivity contribution is 7.88. The smallest absolute Gasteiger partial charge is 0.208 e. The van der Waals surface area contributed by atoms with E-state index in [1.54, 1.807) is 7.05 Å². The van der Waals surface area contributed by atoms with E-state index in [-0.39, 0.29) is 5.41 Å². The van der Waals surface area contributed by atoms with Crippen molar-refractivity contribution in [2.24, 2.45) is 0 Å². The summed E-state index contributed by atoms with van der Waals surface area (Å²) in [6, 6.07) is 10.1. The van der Waals surface area contributed by atoms with Crippen molar-refractivity contribution in [2.45, 2.75) is 18.3 Å². The highest BCUT2D eigenvalue weighted by Crippen LogP contribution is 2.35. The van der Waals surface area contributed by atoms with Crippen LogP contribution in [0.25, 0.3) is 0 Å². The van der Waals surface area contributed by atoms with Gasteiger partial charge in [0, 0.05) is 32.1 Å². The number of rotatable bonds is 4. The number of sulfonamides is 1. The number of piperidine rings is 1. The van der Waals surface area contributed by atoms with Gasteiger partial charge in [-0.25, -0.2) is 13.1 Å². The third-order valence-corrected chi connectivity index (χ3v) is 5.00. The maximum Gasteiger partial charge on any atom is 0.208 e. The molecule has 22 heavy (non-hydrogen) atoms. The van der Waals surface area contributed by atoms with Gasteiger partial charge < -0.3 is 10.2 Å². The maximum atomic E-state index is 11.5. The van der Waals surface area contributed by atoms with Crippen molar-refractivity contribution in [2.75, 3.05) is 32.9 Å². The van der Waals surface area contributed by atoms with E-state index >= 15 is 0 Å². The molecule has 1 heterocycles. The van der Waals surface area contributed by atoms with Crippen molar-refractivity contribution in [3.8, 4) is 0 Å². The second-order valence-electron chi connectivity index (χ2n) is 5.83. The van der Waals surface area contributed by atoms with Crippen molar-refractivity contribution in [1.29, 1.82) is 5.41 Å². The third kappa shape index (κ3) is 3.98. The van der Waals surface area contributed by atoms with Crippen LogP contribution in [0.5, 0.6) is 0 Å². The number of nitrogens with one attached hydrogen (secondary N) is 3. The molecule has 1 aromatic rings. The number of likely N-dealkylation sites (tertiary alicyclic amines) is 1. The van der Waals surface area contributed by atoms with Gasteiger partial charge in [-0.2, -0.15) is 0 Å². The van der Waals surface area contributed by atoms with E-state index in [9.17, 15) is 8.42 Å². The molecule has 1 aliphatic rings. The van der Waals surface area contributed by atoms with E-state index in [4.69, 9.17) is 5.41 Å². The summed E-state index contributed by atoms with van der Waals surface area (Å²) in [7, 11) is -1.48. The summed E-state index contributed by atoms with van der Waals surface area (Å²) in [6.45, 7) is 1.87. The molecule has 0 radical (unpaired) electrons. The van der Waals surface area contributed by atoms with Crippen molar-refractivity contribution in [3.05, 3.63) is 35.9 Å². The molecule has 2 rings (SSSR count). The van der Waals surface area contributed by atoms with E-state index < -0.39 is 10.0 Å². The zero-order valence-corrected chi connectivity index (χ0v) is 13.9. The zero-order valence-electron chi connectivity index (χ0n) is 13.1. The van der Waals surface area contributed by atoms with Gasteiger partial charge in [-0.15, -0.1) is 0 Å². The second kappa shape index (κ2) is 6.66. The molecule has 0 aromatic heterocycles. The molecule has 1 fully saturated rings. The quantitative estimate of drug-likeness (QED) is 0.563. The molecule has 0 amide bonds. The normalized spacial score (nSPS) is 18.0. The topological polar surface area (TPSA) is 85.3 Å². The number of nitrogens with zero attached hydrogens (tertiary/aromatic N) is 1. The summed E-state index contributed by atoms with van der Waals surface area (Å²) in [6.07, 6.45) is 2.81. The fraction of sp³-hybridized carbons (Fsp3) is 0.533. The molecular formula is C15H24N4O2S. The molecule has 1 aliphatic heterocycles. The summed E-state index contributed by atoms with van der Waals surface area (Å²) in [4.78, 5) is 1.99. The minimum atomic E-state index is -3.22. The predicted octanol–water partition coefficient (Wildman–Crippen LogP) is 0.724. The van der Waals surface area contributed by atoms with Crippen LogP contribution in [0.2, 0.25) is 0 Å². The van der Waals surface area contributed by atoms with Crippen LogP contribution < -0.4 is 10.0 Å². The average Bonchev–Trinajstić information content (AvgIpc) is 2.53. The first-order valence-corrected chi connectivity index (χ1v) is 9.27. The van der Waals surface area contributed by atoms with Crippen LogP contribution >= 0.6 is 0 Å². The Morgan fingerprint density at radius 3 is 2.36 bits per heavy atom. The molecule has 6 nitrogen and oxygen atoms in total. The van der Waals surface area contributed by atoms with Gasteiger partial charge in [-0.3, -0.25) is 5.41 Å². The molecule has 122 valence electrons. The van der Waals surface area contributed by atoms with Gasteiger partial charge in [0.05, 0.1) is 6.26 Å². The van der Waals surface area contributed by atoms with Gasteiger partial charge in [-0.05, 0) is 18.4 Å². The first-order chi connectivity index (χ1) is 10.4. The van der Waals surface area contributed by atoms with Gasteiger partial charge in [0.2, 0.25) is 10.0 Å². The zero-order chi connectivity index (χ0) is 16.2. The average molecular weight is 324 g/mol. The first-order valence-electron chi connectivity index (χ1n) is 7.38. The number of hydrogen-bond acceptors (Lipinski definition) is 3. The standard InChI is InChI=1S/C15H24N4O2S/c1-17-14(16)19-10-8-15(9-11-19,12-18-22(2,20)21)13-6-4-3-5-7-13/h3-7,18H,8-12H2,1-2H3,(H2,16,17). The largest absolute Gasteiger partial charge is 0.359 e. The van der Waals surface area contributed by atoms with E-state index in [0.717, 1.165) is 31.5 Å². The number of guanidine groups is 1. The summed E-state index contributed by atoms with van der Waals surface area (Å²) in [5.41, 5.74) is 0.941. The van der Waals surface area contributed by atoms with Crippen molar-refractivity contribution in [1.82, 2.24) is 14.9 Å². The molecule has 3 N–H and O–H groups in total. The van der Waals surface area contributed by atoms with Crippen LogP contribution in [0.4, 0.5) is 0 Å². The molecule has 1 saturated heterocycles. The minimum absolute atomic E-state index is 0.213. The van der Waals surface area contributed by atoms with Crippen molar-refractivity contribution < 1.29 is 8.42 Å². The van der Waals surface area contributed by atoms with Gasteiger partial charge in [0.1, 0.15) is 0 Å². The lowest BCUT2D eigenvalue weighted by molar-refractivity contribution is 0.221. The van der Waals surface area contributed by atoms with Crippen LogP contribution in [-0.2, 0) is 15.4 Å². The third-order valence-electron chi connectivity index (χ3n) is 4.33. The lowest BCUT2D eigenvalue weighted by Gasteiger charge is -2.43. The van der Waals surface area contributed by atoms with E-state index in [1.165, 1.54) is 6.26 Å². The summed E-state index contributed by atoms with van der Waals surface area (Å²) >= 11 is 0. The Morgan fingerprint density at radius 1 is 1.27 bits per heavy atom. The number of hydrogen-bond donors (Lipinski definition) is 3. The van der Waals surface area contributed by atoms with E-state index in [0.29, 0.717) is 12.5 Å². The van der Waals surface area contributed by atoms with Crippen LogP contribution in [0.3, 0.4) is 0 Å². The van der Waals surface area contributed by atoms with Crippen LogP contribution in [0.15, 0.2) is 30.3 Å². The molecule has 1 aromatic carbocycles. The SMILES string of the molecule is CNC(=N)N1CCC(CNS(C)(=O)=O)(c2ccccc2)CC1. The summed E-state index contributed by atoms with van der Waals surface area (Å²) < 4.78 is 25.7. The molecule has 0 aliphatic carbocycles. The highest BCUT2D eigenvalue weighted by Gasteiger charge is 2.37. The van der Waals surface area contributed by atoms with Gasteiger partial charge in [-0.1, -0.05) is 30.3 Å². The van der Waals surface area contributed by atoms with Crippen LogP contribution in [-0.4, -0.2) is 52.2 Å². The Balaban J connectivity index is 2.20. The Kier molecular flexibility index (Phi) is 5.08. The lowest BCUT2D eigenvalue weighted by atomic mass is 9.73. The molecule has 0 bridgehead atoms. The molecule has 7 heteroatoms. The first kappa shape index (κ1) is 16.8. The van der Waals surface area contributed by atoms with Crippen molar-refractivity contribution in [3.63, 3.8) is 0 Å².